The van der Waals surface area contributed by atoms with Gasteiger partial charge in [0, 0.05) is 39.1 Å². The Kier molecular flexibility index (Phi) is 16.6. The van der Waals surface area contributed by atoms with Crippen LogP contribution in [0.3, 0.4) is 0 Å². The lowest BCUT2D eigenvalue weighted by molar-refractivity contribution is -0.120. The molecule has 0 amide bonds. The van der Waals surface area contributed by atoms with Crippen LogP contribution >= 0.6 is 0 Å². The third-order valence-electron chi connectivity index (χ3n) is 5.75. The summed E-state index contributed by atoms with van der Waals surface area (Å²) in [5.74, 6) is 0.398. The van der Waals surface area contributed by atoms with E-state index in [-0.39, 0.29) is 6.61 Å². The number of ketones is 1. The summed E-state index contributed by atoms with van der Waals surface area (Å²) in [7, 11) is 0. The highest BCUT2D eigenvalue weighted by molar-refractivity contribution is 5.80. The highest BCUT2D eigenvalue weighted by Gasteiger charge is 2.18. The van der Waals surface area contributed by atoms with Crippen LogP contribution in [-0.2, 0) is 4.79 Å². The fraction of sp³-hybridized carbons (Fsp3) is 0.875. The third-order valence-corrected chi connectivity index (χ3v) is 5.75. The first kappa shape index (κ1) is 25.3. The van der Waals surface area contributed by atoms with Gasteiger partial charge >= 0.3 is 0 Å². The van der Waals surface area contributed by atoms with Crippen molar-refractivity contribution in [2.45, 2.75) is 90.4 Å². The smallest absolute Gasteiger partial charge is 0.146 e. The molecule has 0 aromatic rings. The van der Waals surface area contributed by atoms with Crippen LogP contribution in [0, 0.1) is 0 Å². The molecule has 1 aliphatic rings. The second-order valence-corrected chi connectivity index (χ2v) is 8.36. The molecule has 164 valence electrons. The highest BCUT2D eigenvalue weighted by atomic mass is 16.3. The molecule has 0 radical (unpaired) electrons. The van der Waals surface area contributed by atoms with E-state index in [1.807, 2.05) is 0 Å². The molecule has 4 nitrogen and oxygen atoms in total. The molecular formula is C24H46N2O2. The molecule has 0 aliphatic carbocycles. The zero-order valence-electron chi connectivity index (χ0n) is 18.5. The van der Waals surface area contributed by atoms with Crippen LogP contribution in [0.2, 0.25) is 0 Å². The maximum atomic E-state index is 12.1. The molecule has 28 heavy (non-hydrogen) atoms. The average molecular weight is 395 g/mol. The van der Waals surface area contributed by atoms with Crippen LogP contribution in [0.25, 0.3) is 0 Å². The molecular weight excluding hydrogens is 348 g/mol. The number of piperazine rings is 1. The predicted molar refractivity (Wildman–Crippen MR) is 120 cm³/mol. The Balaban J connectivity index is 1.85. The summed E-state index contributed by atoms with van der Waals surface area (Å²) in [5, 5.41) is 8.97. The highest BCUT2D eigenvalue weighted by Crippen LogP contribution is 2.10. The fourth-order valence-corrected chi connectivity index (χ4v) is 3.86. The number of aliphatic hydroxyl groups excluding tert-OH is 1. The molecule has 1 N–H and O–H groups in total. The van der Waals surface area contributed by atoms with Gasteiger partial charge in [0.05, 0.1) is 13.2 Å². The summed E-state index contributed by atoms with van der Waals surface area (Å²) in [5.41, 5.74) is 0. The summed E-state index contributed by atoms with van der Waals surface area (Å²) in [6.07, 6.45) is 20.9. The van der Waals surface area contributed by atoms with Crippen LogP contribution in [0.4, 0.5) is 0 Å². The second kappa shape index (κ2) is 18.3. The lowest BCUT2D eigenvalue weighted by Crippen LogP contribution is -2.48. The van der Waals surface area contributed by atoms with Gasteiger partial charge in [-0.15, -0.1) is 0 Å². The van der Waals surface area contributed by atoms with Gasteiger partial charge in [0.15, 0.2) is 0 Å². The number of carbonyl (C=O) groups excluding carboxylic acids is 1. The van der Waals surface area contributed by atoms with Crippen LogP contribution < -0.4 is 0 Å². The molecule has 0 atom stereocenters. The monoisotopic (exact) mass is 394 g/mol. The molecule has 0 bridgehead atoms. The van der Waals surface area contributed by atoms with Gasteiger partial charge in [-0.3, -0.25) is 14.6 Å². The largest absolute Gasteiger partial charge is 0.395 e. The summed E-state index contributed by atoms with van der Waals surface area (Å²) < 4.78 is 0. The number of hydrogen-bond donors (Lipinski definition) is 1. The Morgan fingerprint density at radius 1 is 0.786 bits per heavy atom. The SMILES string of the molecule is CCCCCCCCC=CCCCCCCC(=O)CN1CCN(CCO)CC1. The van der Waals surface area contributed by atoms with Gasteiger partial charge in [-0.05, 0) is 32.1 Å². The summed E-state index contributed by atoms with van der Waals surface area (Å²) >= 11 is 0. The van der Waals surface area contributed by atoms with Crippen LogP contribution in [0.15, 0.2) is 12.2 Å². The molecule has 0 unspecified atom stereocenters. The summed E-state index contributed by atoms with van der Waals surface area (Å²) in [6, 6.07) is 0. The van der Waals surface area contributed by atoms with E-state index in [0.29, 0.717) is 12.3 Å². The van der Waals surface area contributed by atoms with Crippen molar-refractivity contribution in [3.63, 3.8) is 0 Å². The third kappa shape index (κ3) is 14.3. The van der Waals surface area contributed by atoms with E-state index in [4.69, 9.17) is 5.11 Å². The molecule has 0 aromatic heterocycles. The van der Waals surface area contributed by atoms with Crippen molar-refractivity contribution in [1.82, 2.24) is 9.80 Å². The molecule has 0 saturated carbocycles. The van der Waals surface area contributed by atoms with Gasteiger partial charge < -0.3 is 5.11 Å². The van der Waals surface area contributed by atoms with Crippen molar-refractivity contribution in [2.24, 2.45) is 0 Å². The van der Waals surface area contributed by atoms with E-state index >= 15 is 0 Å². The Hall–Kier alpha value is -0.710. The molecule has 1 rings (SSSR count). The maximum Gasteiger partial charge on any atom is 0.146 e. The number of Topliss-reactive ketones (excluding diaryl/α,β-unsaturated/α-hetero) is 1. The number of rotatable bonds is 18. The maximum absolute atomic E-state index is 12.1. The molecule has 1 saturated heterocycles. The topological polar surface area (TPSA) is 43.8 Å². The molecule has 1 aliphatic heterocycles. The van der Waals surface area contributed by atoms with Crippen molar-refractivity contribution >= 4 is 5.78 Å². The first-order valence-corrected chi connectivity index (χ1v) is 12.0. The van der Waals surface area contributed by atoms with Gasteiger partial charge in [-0.2, -0.15) is 0 Å². The number of carbonyl (C=O) groups is 1. The Morgan fingerprint density at radius 3 is 1.93 bits per heavy atom. The first-order valence-electron chi connectivity index (χ1n) is 12.0. The van der Waals surface area contributed by atoms with E-state index in [1.165, 1.54) is 70.6 Å². The molecule has 0 spiro atoms. The van der Waals surface area contributed by atoms with Crippen LogP contribution in [-0.4, -0.2) is 66.6 Å². The fourth-order valence-electron chi connectivity index (χ4n) is 3.86. The number of β-amino-alcohol motifs (C(OH)–C–C–N with tert-alkyl or cyclic N) is 1. The van der Waals surface area contributed by atoms with Crippen molar-refractivity contribution in [1.29, 1.82) is 0 Å². The van der Waals surface area contributed by atoms with Gasteiger partial charge in [0.1, 0.15) is 5.78 Å². The standard InChI is InChI=1S/C24H46N2O2/c1-2-3-4-5-6-7-8-9-10-11-12-13-14-15-16-24(28)23-26-19-17-25(18-20-26)21-22-27/h9-10,27H,2-8,11-23H2,1H3. The van der Waals surface area contributed by atoms with Crippen molar-refractivity contribution < 1.29 is 9.90 Å². The Labute approximate surface area is 174 Å². The van der Waals surface area contributed by atoms with E-state index in [0.717, 1.165) is 45.6 Å². The minimum absolute atomic E-state index is 0.230. The Bertz CT molecular complexity index is 390. The summed E-state index contributed by atoms with van der Waals surface area (Å²) in [4.78, 5) is 16.7. The number of allylic oxidation sites excluding steroid dienone is 2. The number of hydrogen-bond acceptors (Lipinski definition) is 4. The van der Waals surface area contributed by atoms with Gasteiger partial charge in [-0.25, -0.2) is 0 Å². The lowest BCUT2D eigenvalue weighted by atomic mass is 10.1. The van der Waals surface area contributed by atoms with Crippen molar-refractivity contribution in [3.8, 4) is 0 Å². The minimum atomic E-state index is 0.230. The van der Waals surface area contributed by atoms with Crippen LogP contribution in [0.5, 0.6) is 0 Å². The van der Waals surface area contributed by atoms with Gasteiger partial charge in [0.2, 0.25) is 0 Å². The number of nitrogens with zero attached hydrogens (tertiary/aromatic N) is 2. The molecule has 0 aromatic carbocycles. The van der Waals surface area contributed by atoms with E-state index in [9.17, 15) is 4.79 Å². The average Bonchev–Trinajstić information content (AvgIpc) is 2.70. The van der Waals surface area contributed by atoms with E-state index in [1.54, 1.807) is 0 Å². The van der Waals surface area contributed by atoms with Crippen LogP contribution in [0.1, 0.15) is 90.4 Å². The predicted octanol–water partition coefficient (Wildman–Crippen LogP) is 4.81. The molecule has 1 heterocycles. The zero-order valence-corrected chi connectivity index (χ0v) is 18.5. The quantitative estimate of drug-likeness (QED) is 0.267. The van der Waals surface area contributed by atoms with E-state index in [2.05, 4.69) is 28.9 Å². The first-order chi connectivity index (χ1) is 13.8. The van der Waals surface area contributed by atoms with Crippen molar-refractivity contribution in [3.05, 3.63) is 12.2 Å². The van der Waals surface area contributed by atoms with Gasteiger partial charge in [-0.1, -0.05) is 64.0 Å². The number of aliphatic hydroxyl groups is 1. The summed E-state index contributed by atoms with van der Waals surface area (Å²) in [6.45, 7) is 7.73. The molecule has 1 fully saturated rings. The van der Waals surface area contributed by atoms with E-state index < -0.39 is 0 Å². The normalized spacial score (nSPS) is 16.2. The van der Waals surface area contributed by atoms with Crippen molar-refractivity contribution in [2.75, 3.05) is 45.9 Å². The molecule has 4 heteroatoms. The second-order valence-electron chi connectivity index (χ2n) is 8.36. The van der Waals surface area contributed by atoms with Gasteiger partial charge in [0.25, 0.3) is 0 Å². The minimum Gasteiger partial charge on any atom is -0.395 e. The number of unbranched alkanes of at least 4 members (excludes halogenated alkanes) is 10. The zero-order chi connectivity index (χ0) is 20.3. The Morgan fingerprint density at radius 2 is 1.32 bits per heavy atom. The lowest BCUT2D eigenvalue weighted by Gasteiger charge is -2.33.